The SMILES string of the molecule is CCCCCC1OC1CC#CCCCCCCCC(=O)OC. The molecule has 1 heterocycles. The lowest BCUT2D eigenvalue weighted by atomic mass is 10.1. The van der Waals surface area contributed by atoms with E-state index in [0.717, 1.165) is 32.1 Å². The number of methoxy groups -OCH3 is 1. The van der Waals surface area contributed by atoms with Crippen molar-refractivity contribution in [1.29, 1.82) is 0 Å². The van der Waals surface area contributed by atoms with E-state index in [1.165, 1.54) is 45.6 Å². The number of esters is 1. The summed E-state index contributed by atoms with van der Waals surface area (Å²) in [5.74, 6) is 6.42. The van der Waals surface area contributed by atoms with Gasteiger partial charge in [0.25, 0.3) is 0 Å². The fourth-order valence-electron chi connectivity index (χ4n) is 2.58. The van der Waals surface area contributed by atoms with E-state index in [0.29, 0.717) is 18.6 Å². The van der Waals surface area contributed by atoms with Gasteiger partial charge >= 0.3 is 5.97 Å². The van der Waals surface area contributed by atoms with Crippen LogP contribution in [0.15, 0.2) is 0 Å². The smallest absolute Gasteiger partial charge is 0.305 e. The molecule has 0 aromatic carbocycles. The largest absolute Gasteiger partial charge is 0.469 e. The van der Waals surface area contributed by atoms with Crippen LogP contribution in [0.5, 0.6) is 0 Å². The first-order valence-electron chi connectivity index (χ1n) is 8.96. The van der Waals surface area contributed by atoms with Gasteiger partial charge < -0.3 is 9.47 Å². The predicted octanol–water partition coefficient (Wildman–Crippen LogP) is 4.63. The highest BCUT2D eigenvalue weighted by Crippen LogP contribution is 2.29. The number of rotatable bonds is 12. The van der Waals surface area contributed by atoms with Crippen molar-refractivity contribution >= 4 is 5.97 Å². The maximum absolute atomic E-state index is 10.9. The summed E-state index contributed by atoms with van der Waals surface area (Å²) >= 11 is 0. The minimum atomic E-state index is -0.0961. The summed E-state index contributed by atoms with van der Waals surface area (Å²) in [6, 6.07) is 0. The molecule has 0 aromatic rings. The Labute approximate surface area is 136 Å². The number of epoxide rings is 1. The molecule has 126 valence electrons. The van der Waals surface area contributed by atoms with Crippen molar-refractivity contribution in [3.63, 3.8) is 0 Å². The molecule has 1 fully saturated rings. The minimum Gasteiger partial charge on any atom is -0.469 e. The van der Waals surface area contributed by atoms with Crippen molar-refractivity contribution in [1.82, 2.24) is 0 Å². The molecule has 0 N–H and O–H groups in total. The van der Waals surface area contributed by atoms with Gasteiger partial charge in [0.15, 0.2) is 0 Å². The highest BCUT2D eigenvalue weighted by atomic mass is 16.6. The van der Waals surface area contributed by atoms with E-state index < -0.39 is 0 Å². The molecule has 22 heavy (non-hydrogen) atoms. The van der Waals surface area contributed by atoms with Gasteiger partial charge in [0.05, 0.1) is 19.3 Å². The molecule has 1 aliphatic rings. The summed E-state index contributed by atoms with van der Waals surface area (Å²) in [6.07, 6.45) is 14.1. The van der Waals surface area contributed by atoms with Gasteiger partial charge in [-0.25, -0.2) is 0 Å². The monoisotopic (exact) mass is 308 g/mol. The molecule has 0 aromatic heterocycles. The first-order chi connectivity index (χ1) is 10.8. The summed E-state index contributed by atoms with van der Waals surface area (Å²) < 4.78 is 10.2. The van der Waals surface area contributed by atoms with Crippen molar-refractivity contribution < 1.29 is 14.3 Å². The summed E-state index contributed by atoms with van der Waals surface area (Å²) in [4.78, 5) is 10.9. The number of unbranched alkanes of at least 4 members (excludes halogenated alkanes) is 7. The lowest BCUT2D eigenvalue weighted by Crippen LogP contribution is -1.99. The Bertz CT molecular complexity index is 353. The van der Waals surface area contributed by atoms with Gasteiger partial charge in [0.1, 0.15) is 0 Å². The van der Waals surface area contributed by atoms with E-state index >= 15 is 0 Å². The molecular weight excluding hydrogens is 276 g/mol. The van der Waals surface area contributed by atoms with Gasteiger partial charge in [0, 0.05) is 19.3 Å². The number of ether oxygens (including phenoxy) is 2. The maximum Gasteiger partial charge on any atom is 0.305 e. The number of hydrogen-bond acceptors (Lipinski definition) is 3. The molecular formula is C19H32O3. The third kappa shape index (κ3) is 9.84. The first-order valence-corrected chi connectivity index (χ1v) is 8.96. The summed E-state index contributed by atoms with van der Waals surface area (Å²) in [7, 11) is 1.45. The highest BCUT2D eigenvalue weighted by molar-refractivity contribution is 5.68. The molecule has 0 amide bonds. The summed E-state index contributed by atoms with van der Waals surface area (Å²) in [5, 5.41) is 0. The van der Waals surface area contributed by atoms with Crippen LogP contribution in [0, 0.1) is 11.8 Å². The first kappa shape index (κ1) is 19.0. The van der Waals surface area contributed by atoms with Crippen LogP contribution in [-0.4, -0.2) is 25.3 Å². The van der Waals surface area contributed by atoms with E-state index in [4.69, 9.17) is 4.74 Å². The molecule has 0 bridgehead atoms. The molecule has 0 radical (unpaired) electrons. The second-order valence-corrected chi connectivity index (χ2v) is 6.11. The van der Waals surface area contributed by atoms with Crippen molar-refractivity contribution in [3.05, 3.63) is 0 Å². The molecule has 1 rings (SSSR count). The third-order valence-electron chi connectivity index (χ3n) is 4.12. The zero-order chi connectivity index (χ0) is 16.0. The topological polar surface area (TPSA) is 38.8 Å². The second kappa shape index (κ2) is 12.5. The number of hydrogen-bond donors (Lipinski definition) is 0. The number of carbonyl (C=O) groups excluding carboxylic acids is 1. The fraction of sp³-hybridized carbons (Fsp3) is 0.842. The minimum absolute atomic E-state index is 0.0961. The highest BCUT2D eigenvalue weighted by Gasteiger charge is 2.36. The van der Waals surface area contributed by atoms with Crippen molar-refractivity contribution in [2.45, 2.75) is 96.2 Å². The van der Waals surface area contributed by atoms with E-state index in [2.05, 4.69) is 23.5 Å². The molecule has 2 unspecified atom stereocenters. The average molecular weight is 308 g/mol. The Balaban J connectivity index is 1.83. The van der Waals surface area contributed by atoms with Crippen LogP contribution >= 0.6 is 0 Å². The van der Waals surface area contributed by atoms with Crippen molar-refractivity contribution in [2.24, 2.45) is 0 Å². The zero-order valence-electron chi connectivity index (χ0n) is 14.4. The molecule has 1 saturated heterocycles. The lowest BCUT2D eigenvalue weighted by molar-refractivity contribution is -0.140. The van der Waals surface area contributed by atoms with Crippen LogP contribution in [0.4, 0.5) is 0 Å². The van der Waals surface area contributed by atoms with Crippen molar-refractivity contribution in [3.8, 4) is 11.8 Å². The second-order valence-electron chi connectivity index (χ2n) is 6.11. The molecule has 3 nitrogen and oxygen atoms in total. The standard InChI is InChI=1S/C19H32O3/c1-3-4-11-14-17-18(22-17)15-12-9-7-5-6-8-10-13-16-19(20)21-2/h17-18H,3-8,10-11,13-16H2,1-2H3. The number of carbonyl (C=O) groups is 1. The Kier molecular flexibility index (Phi) is 10.8. The van der Waals surface area contributed by atoms with E-state index in [-0.39, 0.29) is 5.97 Å². The van der Waals surface area contributed by atoms with Crippen molar-refractivity contribution in [2.75, 3.05) is 7.11 Å². The summed E-state index contributed by atoms with van der Waals surface area (Å²) in [5.41, 5.74) is 0. The van der Waals surface area contributed by atoms with Gasteiger partial charge in [-0.15, -0.1) is 11.8 Å². The van der Waals surface area contributed by atoms with E-state index in [1.54, 1.807) is 0 Å². The van der Waals surface area contributed by atoms with Gasteiger partial charge in [-0.1, -0.05) is 45.4 Å². The van der Waals surface area contributed by atoms with Crippen LogP contribution < -0.4 is 0 Å². The lowest BCUT2D eigenvalue weighted by Gasteiger charge is -1.99. The molecule has 0 aliphatic carbocycles. The molecule has 3 heteroatoms. The van der Waals surface area contributed by atoms with Crippen LogP contribution in [0.1, 0.15) is 84.0 Å². The predicted molar refractivity (Wildman–Crippen MR) is 89.5 cm³/mol. The van der Waals surface area contributed by atoms with Gasteiger partial charge in [-0.05, 0) is 19.3 Å². The van der Waals surface area contributed by atoms with Gasteiger partial charge in [0.2, 0.25) is 0 Å². The normalized spacial score (nSPS) is 19.4. The Hall–Kier alpha value is -1.01. The molecule has 1 aliphatic heterocycles. The molecule has 0 saturated carbocycles. The third-order valence-corrected chi connectivity index (χ3v) is 4.12. The Morgan fingerprint density at radius 3 is 2.55 bits per heavy atom. The van der Waals surface area contributed by atoms with Crippen LogP contribution in [0.25, 0.3) is 0 Å². The van der Waals surface area contributed by atoms with E-state index in [1.807, 2.05) is 0 Å². The van der Waals surface area contributed by atoms with Gasteiger partial charge in [-0.2, -0.15) is 0 Å². The fourth-order valence-corrected chi connectivity index (χ4v) is 2.58. The van der Waals surface area contributed by atoms with Crippen LogP contribution in [0.2, 0.25) is 0 Å². The maximum atomic E-state index is 10.9. The van der Waals surface area contributed by atoms with E-state index in [9.17, 15) is 4.79 Å². The average Bonchev–Trinajstić information content (AvgIpc) is 3.27. The quantitative estimate of drug-likeness (QED) is 0.228. The zero-order valence-corrected chi connectivity index (χ0v) is 14.4. The Morgan fingerprint density at radius 1 is 1.00 bits per heavy atom. The van der Waals surface area contributed by atoms with Crippen LogP contribution in [-0.2, 0) is 14.3 Å². The van der Waals surface area contributed by atoms with Crippen LogP contribution in [0.3, 0.4) is 0 Å². The summed E-state index contributed by atoms with van der Waals surface area (Å²) in [6.45, 7) is 2.23. The Morgan fingerprint density at radius 2 is 1.77 bits per heavy atom. The molecule has 2 atom stereocenters. The molecule has 0 spiro atoms. The van der Waals surface area contributed by atoms with Gasteiger partial charge in [-0.3, -0.25) is 4.79 Å².